The van der Waals surface area contributed by atoms with E-state index in [2.05, 4.69) is 4.98 Å². The van der Waals surface area contributed by atoms with E-state index in [0.717, 1.165) is 10.8 Å². The molecule has 4 atom stereocenters. The molecule has 1 saturated heterocycles. The minimum atomic E-state index is -1.73. The second-order valence-electron chi connectivity index (χ2n) is 5.18. The van der Waals surface area contributed by atoms with Gasteiger partial charge in [-0.3, -0.25) is 19.1 Å². The third-order valence-electron chi connectivity index (χ3n) is 3.76. The fraction of sp³-hybridized carbons (Fsp3) is 0.583. The molecule has 1 fully saturated rings. The predicted octanol–water partition coefficient (Wildman–Crippen LogP) is -2.74. The third kappa shape index (κ3) is 2.94. The van der Waals surface area contributed by atoms with Gasteiger partial charge >= 0.3 is 5.97 Å². The van der Waals surface area contributed by atoms with Crippen molar-refractivity contribution in [3.63, 3.8) is 0 Å². The van der Waals surface area contributed by atoms with Crippen LogP contribution >= 0.6 is 12.2 Å². The number of carbonyl (C=O) groups is 1. The van der Waals surface area contributed by atoms with Crippen LogP contribution in [-0.4, -0.2) is 67.4 Å². The molecule has 0 aromatic carbocycles. The van der Waals surface area contributed by atoms with Gasteiger partial charge in [0.2, 0.25) is 0 Å². The molecule has 23 heavy (non-hydrogen) atoms. The number of rotatable bonds is 5. The van der Waals surface area contributed by atoms with Gasteiger partial charge in [-0.15, -0.1) is 0 Å². The first-order chi connectivity index (χ1) is 10.8. The van der Waals surface area contributed by atoms with E-state index in [1.54, 1.807) is 0 Å². The lowest BCUT2D eigenvalue weighted by Gasteiger charge is -2.33. The summed E-state index contributed by atoms with van der Waals surface area (Å²) in [4.78, 5) is 24.9. The van der Waals surface area contributed by atoms with Gasteiger partial charge in [-0.2, -0.15) is 0 Å². The number of nitrogens with two attached hydrogens (primary N) is 1. The summed E-state index contributed by atoms with van der Waals surface area (Å²) in [5.41, 5.74) is 3.13. The molecule has 1 aromatic heterocycles. The van der Waals surface area contributed by atoms with Crippen molar-refractivity contribution < 1.29 is 30.0 Å². The summed E-state index contributed by atoms with van der Waals surface area (Å²) in [5, 5.41) is 38.3. The maximum Gasteiger partial charge on any atom is 0.308 e. The largest absolute Gasteiger partial charge is 0.481 e. The Bertz CT molecular complexity index is 717. The maximum atomic E-state index is 11.8. The van der Waals surface area contributed by atoms with Gasteiger partial charge in [-0.1, -0.05) is 0 Å². The highest BCUT2D eigenvalue weighted by Gasteiger charge is 2.54. The first kappa shape index (κ1) is 17.7. The molecule has 0 amide bonds. The first-order valence-corrected chi connectivity index (χ1v) is 7.09. The fourth-order valence-electron chi connectivity index (χ4n) is 2.56. The van der Waals surface area contributed by atoms with E-state index in [9.17, 15) is 24.9 Å². The molecule has 10 nitrogen and oxygen atoms in total. The van der Waals surface area contributed by atoms with E-state index >= 15 is 0 Å². The minimum Gasteiger partial charge on any atom is -0.481 e. The molecule has 1 aromatic rings. The summed E-state index contributed by atoms with van der Waals surface area (Å²) >= 11 is 5.02. The zero-order chi connectivity index (χ0) is 17.4. The molecular formula is C12H17N3O7S. The highest BCUT2D eigenvalue weighted by atomic mass is 32.1. The number of aliphatic hydroxyl groups excluding tert-OH is 3. The van der Waals surface area contributed by atoms with Crippen LogP contribution in [0.3, 0.4) is 0 Å². The Morgan fingerprint density at radius 1 is 1.52 bits per heavy atom. The number of nitrogens with zero attached hydrogens (tertiary/aromatic N) is 1. The van der Waals surface area contributed by atoms with E-state index in [-0.39, 0.29) is 16.9 Å². The summed E-state index contributed by atoms with van der Waals surface area (Å²) in [6, 6.07) is 0. The highest BCUT2D eigenvalue weighted by molar-refractivity contribution is 7.71. The summed E-state index contributed by atoms with van der Waals surface area (Å²) in [7, 11) is 0. The molecule has 11 heteroatoms. The van der Waals surface area contributed by atoms with Crippen molar-refractivity contribution >= 4 is 18.2 Å². The van der Waals surface area contributed by atoms with Gasteiger partial charge in [0.25, 0.3) is 5.56 Å². The molecule has 2 rings (SSSR count). The van der Waals surface area contributed by atoms with Crippen LogP contribution in [0.25, 0.3) is 0 Å². The van der Waals surface area contributed by atoms with Crippen LogP contribution in [0.1, 0.15) is 5.56 Å². The number of aliphatic hydroxyl groups is 3. The van der Waals surface area contributed by atoms with Gasteiger partial charge in [0.15, 0.2) is 10.5 Å². The molecule has 0 radical (unpaired) electrons. The number of aromatic nitrogens is 2. The quantitative estimate of drug-likeness (QED) is 0.309. The zero-order valence-electron chi connectivity index (χ0n) is 11.9. The van der Waals surface area contributed by atoms with Gasteiger partial charge in [0.05, 0.1) is 13.0 Å². The Hall–Kier alpha value is -1.63. The van der Waals surface area contributed by atoms with Crippen LogP contribution in [0.15, 0.2) is 11.0 Å². The van der Waals surface area contributed by atoms with Crippen molar-refractivity contribution in [3.05, 3.63) is 26.9 Å². The van der Waals surface area contributed by atoms with Crippen molar-refractivity contribution in [1.29, 1.82) is 0 Å². The Morgan fingerprint density at radius 3 is 2.65 bits per heavy atom. The fourth-order valence-corrected chi connectivity index (χ4v) is 2.86. The smallest absolute Gasteiger partial charge is 0.308 e. The van der Waals surface area contributed by atoms with Crippen LogP contribution < -0.4 is 11.3 Å². The van der Waals surface area contributed by atoms with Gasteiger partial charge < -0.3 is 30.9 Å². The Morgan fingerprint density at radius 2 is 2.17 bits per heavy atom. The van der Waals surface area contributed by atoms with Crippen molar-refractivity contribution in [2.24, 2.45) is 5.73 Å². The summed E-state index contributed by atoms with van der Waals surface area (Å²) in [6.45, 7) is -0.910. The summed E-state index contributed by atoms with van der Waals surface area (Å²) in [5.74, 6) is -1.23. The number of carboxylic acids is 1. The van der Waals surface area contributed by atoms with Gasteiger partial charge in [0, 0.05) is 18.3 Å². The van der Waals surface area contributed by atoms with E-state index in [1.807, 2.05) is 0 Å². The molecule has 1 aliphatic heterocycles. The lowest BCUT2D eigenvalue weighted by molar-refractivity contribution is -0.142. The number of hydrogen-bond acceptors (Lipinski definition) is 8. The van der Waals surface area contributed by atoms with E-state index in [1.165, 1.54) is 0 Å². The van der Waals surface area contributed by atoms with Gasteiger partial charge in [-0.05, 0) is 12.2 Å². The second kappa shape index (κ2) is 6.47. The van der Waals surface area contributed by atoms with E-state index in [4.69, 9.17) is 27.8 Å². The normalized spacial score (nSPS) is 30.5. The number of aromatic amines is 1. The first-order valence-electron chi connectivity index (χ1n) is 6.69. The maximum absolute atomic E-state index is 11.8. The molecule has 0 aliphatic carbocycles. The van der Waals surface area contributed by atoms with Crippen LogP contribution in [0.4, 0.5) is 0 Å². The number of carboxylic acid groups (broad SMARTS) is 1. The number of hydrogen-bond donors (Lipinski definition) is 6. The van der Waals surface area contributed by atoms with Gasteiger partial charge in [0.1, 0.15) is 18.3 Å². The lowest BCUT2D eigenvalue weighted by atomic mass is 10.0. The Kier molecular flexibility index (Phi) is 4.98. The molecule has 0 bridgehead atoms. The van der Waals surface area contributed by atoms with Crippen LogP contribution in [0.2, 0.25) is 0 Å². The molecule has 0 spiro atoms. The van der Waals surface area contributed by atoms with Crippen molar-refractivity contribution in [3.8, 4) is 0 Å². The Labute approximate surface area is 134 Å². The topological polar surface area (TPSA) is 171 Å². The molecule has 0 unspecified atom stereocenters. The molecular weight excluding hydrogens is 330 g/mol. The average Bonchev–Trinajstić information content (AvgIpc) is 2.74. The number of nitrogens with one attached hydrogen (secondary N) is 1. The zero-order valence-corrected chi connectivity index (χ0v) is 12.7. The number of H-pyrrole nitrogens is 1. The van der Waals surface area contributed by atoms with Crippen LogP contribution in [0.5, 0.6) is 0 Å². The SMILES string of the molecule is NC[C@@]1(n2cc(CC(=O)O)c(=O)[nH]c2=S)O[C@H](CO)[C@@H](O)[C@H]1O. The molecule has 128 valence electrons. The molecule has 1 aliphatic rings. The average molecular weight is 347 g/mol. The minimum absolute atomic E-state index is 0.128. The number of aliphatic carboxylic acids is 1. The molecule has 2 heterocycles. The highest BCUT2D eigenvalue weighted by Crippen LogP contribution is 2.35. The van der Waals surface area contributed by atoms with Crippen molar-refractivity contribution in [2.45, 2.75) is 30.5 Å². The van der Waals surface area contributed by atoms with Crippen LogP contribution in [-0.2, 0) is 21.7 Å². The monoisotopic (exact) mass is 347 g/mol. The van der Waals surface area contributed by atoms with Crippen LogP contribution in [0, 0.1) is 4.77 Å². The number of ether oxygens (including phenoxy) is 1. The van der Waals surface area contributed by atoms with Gasteiger partial charge in [-0.25, -0.2) is 0 Å². The van der Waals surface area contributed by atoms with E-state index < -0.39 is 48.6 Å². The third-order valence-corrected chi connectivity index (χ3v) is 4.06. The van der Waals surface area contributed by atoms with Crippen molar-refractivity contribution in [1.82, 2.24) is 9.55 Å². The Balaban J connectivity index is 2.60. The predicted molar refractivity (Wildman–Crippen MR) is 78.2 cm³/mol. The second-order valence-corrected chi connectivity index (χ2v) is 5.56. The molecule has 7 N–H and O–H groups in total. The lowest BCUT2D eigenvalue weighted by Crippen LogP contribution is -2.52. The summed E-state index contributed by atoms with van der Waals surface area (Å²) in [6.07, 6.45) is -3.53. The van der Waals surface area contributed by atoms with E-state index in [0.29, 0.717) is 0 Å². The molecule has 0 saturated carbocycles. The standard InChI is InChI=1S/C12H17N3O7S/c13-4-12(9(20)8(19)6(3-16)22-12)15-2-5(1-7(17)18)10(21)14-11(15)23/h2,6,8-9,16,19-20H,1,3-4,13H2,(H,17,18)(H,14,21,23)/t6-,8-,9-,12-/m1/s1. The summed E-state index contributed by atoms with van der Waals surface area (Å²) < 4.78 is 6.43. The van der Waals surface area contributed by atoms with Crippen molar-refractivity contribution in [2.75, 3.05) is 13.2 Å².